The molecule has 1 saturated heterocycles. The summed E-state index contributed by atoms with van der Waals surface area (Å²) in [6.07, 6.45) is 1.94. The summed E-state index contributed by atoms with van der Waals surface area (Å²) in [5.41, 5.74) is 3.11. The number of amides is 3. The molecule has 1 atom stereocenters. The Morgan fingerprint density at radius 3 is 2.48 bits per heavy atom. The van der Waals surface area contributed by atoms with Crippen molar-refractivity contribution in [3.63, 3.8) is 0 Å². The lowest BCUT2D eigenvalue weighted by atomic mass is 10.1. The Morgan fingerprint density at radius 2 is 1.72 bits per heavy atom. The van der Waals surface area contributed by atoms with Gasteiger partial charge in [0, 0.05) is 31.9 Å². The molecule has 4 rings (SSSR count). The fourth-order valence-corrected chi connectivity index (χ4v) is 3.99. The van der Waals surface area contributed by atoms with Crippen LogP contribution in [0.3, 0.4) is 0 Å². The molecule has 0 aromatic heterocycles. The number of urea groups is 1. The quantitative estimate of drug-likeness (QED) is 0.835. The number of carbonyl (C=O) groups is 2. The summed E-state index contributed by atoms with van der Waals surface area (Å²) in [4.78, 5) is 28.7. The Morgan fingerprint density at radius 1 is 1.00 bits per heavy atom. The van der Waals surface area contributed by atoms with E-state index >= 15 is 0 Å². The van der Waals surface area contributed by atoms with Gasteiger partial charge in [0.25, 0.3) is 0 Å². The first-order valence-electron chi connectivity index (χ1n) is 9.99. The number of carbonyl (C=O) groups excluding carboxylic acids is 2. The molecule has 1 aliphatic carbocycles. The molecule has 6 nitrogen and oxygen atoms in total. The second kappa shape index (κ2) is 8.61. The second-order valence-corrected chi connectivity index (χ2v) is 7.56. The van der Waals surface area contributed by atoms with Gasteiger partial charge in [-0.05, 0) is 48.2 Å². The van der Waals surface area contributed by atoms with Crippen LogP contribution in [0.5, 0.6) is 0 Å². The zero-order valence-electron chi connectivity index (χ0n) is 16.2. The predicted molar refractivity (Wildman–Crippen MR) is 109 cm³/mol. The van der Waals surface area contributed by atoms with E-state index in [-0.39, 0.29) is 30.3 Å². The van der Waals surface area contributed by atoms with E-state index in [0.717, 1.165) is 12.8 Å². The van der Waals surface area contributed by atoms with Gasteiger partial charge in [-0.3, -0.25) is 9.69 Å². The van der Waals surface area contributed by atoms with Gasteiger partial charge < -0.3 is 15.5 Å². The predicted octanol–water partition coefficient (Wildman–Crippen LogP) is 2.78. The number of anilines is 1. The van der Waals surface area contributed by atoms with Crippen LogP contribution in [0.15, 0.2) is 48.5 Å². The zero-order valence-corrected chi connectivity index (χ0v) is 16.2. The highest BCUT2D eigenvalue weighted by atomic mass is 19.1. The van der Waals surface area contributed by atoms with Crippen LogP contribution in [0.1, 0.15) is 23.6 Å². The minimum absolute atomic E-state index is 0.0397. The molecular weight excluding hydrogens is 371 g/mol. The van der Waals surface area contributed by atoms with Gasteiger partial charge in [0.05, 0.1) is 12.6 Å². The van der Waals surface area contributed by atoms with Crippen LogP contribution in [0.2, 0.25) is 0 Å². The normalized spacial score (nSPS) is 18.9. The van der Waals surface area contributed by atoms with Crippen molar-refractivity contribution in [1.29, 1.82) is 0 Å². The summed E-state index contributed by atoms with van der Waals surface area (Å²) in [6, 6.07) is 14.0. The van der Waals surface area contributed by atoms with Crippen molar-refractivity contribution in [3.8, 4) is 0 Å². The number of hydrogen-bond acceptors (Lipinski definition) is 3. The van der Waals surface area contributed by atoms with E-state index in [9.17, 15) is 14.0 Å². The highest BCUT2D eigenvalue weighted by Crippen LogP contribution is 2.30. The van der Waals surface area contributed by atoms with Crippen LogP contribution >= 0.6 is 0 Å². The molecule has 7 heteroatoms. The molecule has 2 N–H and O–H groups in total. The van der Waals surface area contributed by atoms with Crippen LogP contribution < -0.4 is 10.6 Å². The largest absolute Gasteiger partial charge is 0.331 e. The number of halogens is 1. The Balaban J connectivity index is 1.22. The maximum absolute atomic E-state index is 12.9. The molecule has 1 unspecified atom stereocenters. The van der Waals surface area contributed by atoms with E-state index in [1.165, 1.54) is 35.4 Å². The number of fused-ring (bicyclic) bond motifs is 1. The van der Waals surface area contributed by atoms with E-state index in [1.54, 1.807) is 0 Å². The summed E-state index contributed by atoms with van der Waals surface area (Å²) in [5, 5.41) is 5.92. The van der Waals surface area contributed by atoms with Gasteiger partial charge in [0.1, 0.15) is 5.82 Å². The molecule has 3 amide bonds. The molecule has 29 heavy (non-hydrogen) atoms. The summed E-state index contributed by atoms with van der Waals surface area (Å²) < 4.78 is 12.9. The first-order valence-corrected chi connectivity index (χ1v) is 9.99. The number of piperazine rings is 1. The highest BCUT2D eigenvalue weighted by Gasteiger charge is 2.27. The lowest BCUT2D eigenvalue weighted by molar-refractivity contribution is -0.117. The smallest absolute Gasteiger partial charge is 0.317 e. The summed E-state index contributed by atoms with van der Waals surface area (Å²) >= 11 is 0. The molecule has 2 aromatic carbocycles. The molecule has 0 bridgehead atoms. The number of nitrogens with one attached hydrogen (secondary N) is 2. The fourth-order valence-electron chi connectivity index (χ4n) is 3.99. The van der Waals surface area contributed by atoms with Gasteiger partial charge in [0.15, 0.2) is 0 Å². The highest BCUT2D eigenvalue weighted by molar-refractivity contribution is 5.92. The summed E-state index contributed by atoms with van der Waals surface area (Å²) in [5.74, 6) is -0.476. The van der Waals surface area contributed by atoms with Crippen LogP contribution in [-0.4, -0.2) is 54.5 Å². The van der Waals surface area contributed by atoms with E-state index in [4.69, 9.17) is 0 Å². The Kier molecular flexibility index (Phi) is 5.76. The van der Waals surface area contributed by atoms with Gasteiger partial charge in [0.2, 0.25) is 5.91 Å². The molecule has 2 aromatic rings. The van der Waals surface area contributed by atoms with E-state index < -0.39 is 0 Å². The van der Waals surface area contributed by atoms with Gasteiger partial charge in [-0.15, -0.1) is 0 Å². The molecule has 0 spiro atoms. The van der Waals surface area contributed by atoms with Gasteiger partial charge >= 0.3 is 6.03 Å². The van der Waals surface area contributed by atoms with Crippen molar-refractivity contribution >= 4 is 17.6 Å². The minimum atomic E-state index is -0.335. The third kappa shape index (κ3) is 4.74. The van der Waals surface area contributed by atoms with Gasteiger partial charge in [-0.25, -0.2) is 9.18 Å². The Bertz CT molecular complexity index is 879. The molecule has 1 fully saturated rings. The third-order valence-electron chi connectivity index (χ3n) is 5.59. The summed E-state index contributed by atoms with van der Waals surface area (Å²) in [6.45, 7) is 2.72. The fraction of sp³-hybridized carbons (Fsp3) is 0.364. The van der Waals surface area contributed by atoms with Gasteiger partial charge in [-0.1, -0.05) is 24.3 Å². The first-order chi connectivity index (χ1) is 14.1. The van der Waals surface area contributed by atoms with Crippen molar-refractivity contribution in [2.75, 3.05) is 38.0 Å². The summed E-state index contributed by atoms with van der Waals surface area (Å²) in [7, 11) is 0. The van der Waals surface area contributed by atoms with Crippen molar-refractivity contribution in [2.45, 2.75) is 18.9 Å². The maximum Gasteiger partial charge on any atom is 0.317 e. The number of benzene rings is 2. The van der Waals surface area contributed by atoms with Gasteiger partial charge in [-0.2, -0.15) is 0 Å². The van der Waals surface area contributed by atoms with Crippen LogP contribution in [-0.2, 0) is 11.2 Å². The first kappa shape index (κ1) is 19.4. The number of rotatable bonds is 4. The third-order valence-corrected chi connectivity index (χ3v) is 5.59. The van der Waals surface area contributed by atoms with E-state index in [0.29, 0.717) is 31.9 Å². The molecule has 0 saturated carbocycles. The molecule has 2 aliphatic rings. The topological polar surface area (TPSA) is 64.7 Å². The molecule has 0 radical (unpaired) electrons. The molecule has 1 heterocycles. The lowest BCUT2D eigenvalue weighted by Gasteiger charge is -2.35. The van der Waals surface area contributed by atoms with Crippen molar-refractivity contribution in [2.24, 2.45) is 0 Å². The van der Waals surface area contributed by atoms with Crippen LogP contribution in [0.4, 0.5) is 14.9 Å². The molecular formula is C22H25FN4O2. The number of nitrogens with zero attached hydrogens (tertiary/aromatic N) is 2. The second-order valence-electron chi connectivity index (χ2n) is 7.56. The SMILES string of the molecule is O=C(CN1CCN(C(=O)NC2CCc3ccccc32)CC1)Nc1ccc(F)cc1. The Hall–Kier alpha value is -2.93. The van der Waals surface area contributed by atoms with Crippen molar-refractivity contribution in [3.05, 3.63) is 65.5 Å². The average Bonchev–Trinajstić information content (AvgIpc) is 3.13. The number of aryl methyl sites for hydroxylation is 1. The van der Waals surface area contributed by atoms with E-state index in [2.05, 4.69) is 22.8 Å². The monoisotopic (exact) mass is 396 g/mol. The number of hydrogen-bond donors (Lipinski definition) is 2. The molecule has 1 aliphatic heterocycles. The average molecular weight is 396 g/mol. The lowest BCUT2D eigenvalue weighted by Crippen LogP contribution is -2.53. The minimum Gasteiger partial charge on any atom is -0.331 e. The zero-order chi connectivity index (χ0) is 20.2. The maximum atomic E-state index is 12.9. The van der Waals surface area contributed by atoms with Crippen LogP contribution in [0.25, 0.3) is 0 Å². The van der Waals surface area contributed by atoms with Crippen molar-refractivity contribution < 1.29 is 14.0 Å². The standard InChI is InChI=1S/C22H25FN4O2/c23-17-6-8-18(9-7-17)24-21(28)15-26-11-13-27(14-12-26)22(29)25-20-10-5-16-3-1-2-4-19(16)20/h1-4,6-9,20H,5,10-15H2,(H,24,28)(H,25,29). The van der Waals surface area contributed by atoms with E-state index in [1.807, 2.05) is 21.9 Å². The Labute approximate surface area is 169 Å². The van der Waals surface area contributed by atoms with Crippen LogP contribution in [0, 0.1) is 5.82 Å². The van der Waals surface area contributed by atoms with Crippen molar-refractivity contribution in [1.82, 2.24) is 15.1 Å². The molecule has 152 valence electrons.